The molecule has 0 radical (unpaired) electrons. The van der Waals surface area contributed by atoms with Crippen molar-refractivity contribution in [3.63, 3.8) is 0 Å². The molecule has 0 heterocycles. The van der Waals surface area contributed by atoms with E-state index in [1.54, 1.807) is 0 Å². The van der Waals surface area contributed by atoms with Gasteiger partial charge in [0.25, 0.3) is 0 Å². The van der Waals surface area contributed by atoms with Gasteiger partial charge < -0.3 is 0 Å². The topological polar surface area (TPSA) is 35.5 Å². The predicted octanol–water partition coefficient (Wildman–Crippen LogP) is 7.35. The van der Waals surface area contributed by atoms with Crippen LogP contribution >= 0.6 is 8.25 Å². The number of unbranched alkanes of at least 4 members (excludes halogenated alkanes) is 6. The molecule has 4 heteroatoms. The molecular weight excluding hydrogens is 343 g/mol. The van der Waals surface area contributed by atoms with Crippen LogP contribution in [-0.2, 0) is 13.6 Å². The second kappa shape index (κ2) is 9.97. The zero-order chi connectivity index (χ0) is 18.2. The summed E-state index contributed by atoms with van der Waals surface area (Å²) in [6.45, 7) is 2.73. The molecular formula is C22H28O3P+. The first-order valence-electron chi connectivity index (χ1n) is 9.76. The highest BCUT2D eigenvalue weighted by molar-refractivity contribution is 7.33. The summed E-state index contributed by atoms with van der Waals surface area (Å²) in [5.41, 5.74) is 2.24. The SMILES string of the molecule is CCCCCCCCCO[P+](=O)OC1C=Cc2cccc3cccc1c23. The van der Waals surface area contributed by atoms with Crippen LogP contribution < -0.4 is 0 Å². The van der Waals surface area contributed by atoms with E-state index in [-0.39, 0.29) is 6.10 Å². The van der Waals surface area contributed by atoms with E-state index in [1.165, 1.54) is 48.4 Å². The van der Waals surface area contributed by atoms with Crippen molar-refractivity contribution in [2.75, 3.05) is 6.61 Å². The van der Waals surface area contributed by atoms with Gasteiger partial charge in [-0.3, -0.25) is 0 Å². The Morgan fingerprint density at radius 2 is 1.69 bits per heavy atom. The van der Waals surface area contributed by atoms with Crippen molar-refractivity contribution in [3.8, 4) is 0 Å². The van der Waals surface area contributed by atoms with Gasteiger partial charge in [-0.1, -0.05) is 87.9 Å². The molecule has 3 rings (SSSR count). The second-order valence-electron chi connectivity index (χ2n) is 6.86. The number of hydrogen-bond donors (Lipinski definition) is 0. The molecule has 3 nitrogen and oxygen atoms in total. The standard InChI is InChI=1S/C22H28O3P/c1-2-3-4-5-6-7-8-17-24-26(23)25-21-16-15-19-12-9-11-18-13-10-14-20(21)22(18)19/h9-16,21H,2-8,17H2,1H3/q+1. The van der Waals surface area contributed by atoms with Gasteiger partial charge >= 0.3 is 8.25 Å². The number of benzene rings is 2. The predicted molar refractivity (Wildman–Crippen MR) is 108 cm³/mol. The molecule has 1 aliphatic carbocycles. The Morgan fingerprint density at radius 1 is 0.962 bits per heavy atom. The fourth-order valence-electron chi connectivity index (χ4n) is 3.48. The molecule has 1 aliphatic rings. The average Bonchev–Trinajstić information content (AvgIpc) is 2.66. The van der Waals surface area contributed by atoms with Gasteiger partial charge in [-0.2, -0.15) is 0 Å². The maximum Gasteiger partial charge on any atom is 0.698 e. The fraction of sp³-hybridized carbons (Fsp3) is 0.455. The minimum atomic E-state index is -2.11. The number of rotatable bonds is 11. The van der Waals surface area contributed by atoms with Crippen LogP contribution in [0, 0.1) is 0 Å². The van der Waals surface area contributed by atoms with Gasteiger partial charge in [-0.05, 0) is 34.4 Å². The first kappa shape index (κ1) is 19.2. The average molecular weight is 371 g/mol. The maximum absolute atomic E-state index is 12.2. The molecule has 0 saturated carbocycles. The van der Waals surface area contributed by atoms with Gasteiger partial charge in [0.05, 0.1) is 0 Å². The third-order valence-corrected chi connectivity index (χ3v) is 5.66. The molecule has 0 aromatic heterocycles. The Labute approximate surface area is 157 Å². The van der Waals surface area contributed by atoms with Gasteiger partial charge in [0.1, 0.15) is 6.61 Å². The van der Waals surface area contributed by atoms with E-state index in [0.29, 0.717) is 6.61 Å². The van der Waals surface area contributed by atoms with Crippen molar-refractivity contribution in [2.45, 2.75) is 58.0 Å². The van der Waals surface area contributed by atoms with Crippen LogP contribution in [0.2, 0.25) is 0 Å². The summed E-state index contributed by atoms with van der Waals surface area (Å²) < 4.78 is 23.3. The highest BCUT2D eigenvalue weighted by Crippen LogP contribution is 2.40. The van der Waals surface area contributed by atoms with Crippen LogP contribution in [0.3, 0.4) is 0 Å². The van der Waals surface area contributed by atoms with Crippen molar-refractivity contribution in [1.29, 1.82) is 0 Å². The van der Waals surface area contributed by atoms with Crippen molar-refractivity contribution in [2.24, 2.45) is 0 Å². The van der Waals surface area contributed by atoms with Crippen LogP contribution in [0.25, 0.3) is 16.8 Å². The lowest BCUT2D eigenvalue weighted by atomic mass is 9.92. The summed E-state index contributed by atoms with van der Waals surface area (Å²) >= 11 is 0. The van der Waals surface area contributed by atoms with Crippen LogP contribution in [0.5, 0.6) is 0 Å². The Balaban J connectivity index is 1.46. The lowest BCUT2D eigenvalue weighted by Gasteiger charge is -2.16. The Hall–Kier alpha value is -1.54. The Bertz CT molecular complexity index is 764. The quantitative estimate of drug-likeness (QED) is 0.306. The molecule has 0 amide bonds. The van der Waals surface area contributed by atoms with Gasteiger partial charge in [0.2, 0.25) is 0 Å². The summed E-state index contributed by atoms with van der Waals surface area (Å²) in [7, 11) is -2.11. The van der Waals surface area contributed by atoms with E-state index < -0.39 is 8.25 Å². The highest BCUT2D eigenvalue weighted by atomic mass is 31.1. The minimum absolute atomic E-state index is 0.314. The molecule has 0 bridgehead atoms. The molecule has 2 aromatic carbocycles. The van der Waals surface area contributed by atoms with Gasteiger partial charge in [0, 0.05) is 4.57 Å². The smallest absolute Gasteiger partial charge is 0.119 e. The van der Waals surface area contributed by atoms with E-state index in [0.717, 1.165) is 18.4 Å². The first-order chi connectivity index (χ1) is 12.8. The van der Waals surface area contributed by atoms with E-state index >= 15 is 0 Å². The summed E-state index contributed by atoms with van der Waals surface area (Å²) in [6.07, 6.45) is 12.2. The molecule has 2 unspecified atom stereocenters. The summed E-state index contributed by atoms with van der Waals surface area (Å²) in [4.78, 5) is 0. The van der Waals surface area contributed by atoms with Gasteiger partial charge in [-0.15, -0.1) is 9.05 Å². The second-order valence-corrected chi connectivity index (χ2v) is 7.77. The van der Waals surface area contributed by atoms with Crippen molar-refractivity contribution >= 4 is 25.1 Å². The Kier molecular flexibility index (Phi) is 7.37. The summed E-state index contributed by atoms with van der Waals surface area (Å²) in [6, 6.07) is 12.4. The van der Waals surface area contributed by atoms with E-state index in [4.69, 9.17) is 9.05 Å². The molecule has 2 aromatic rings. The van der Waals surface area contributed by atoms with Crippen LogP contribution in [0.4, 0.5) is 0 Å². The third-order valence-electron chi connectivity index (χ3n) is 4.87. The summed E-state index contributed by atoms with van der Waals surface area (Å²) in [5.74, 6) is 0. The monoisotopic (exact) mass is 371 g/mol. The first-order valence-corrected chi connectivity index (χ1v) is 10.9. The summed E-state index contributed by atoms with van der Waals surface area (Å²) in [5, 5.41) is 2.36. The minimum Gasteiger partial charge on any atom is -0.119 e. The number of hydrogen-bond acceptors (Lipinski definition) is 3. The molecule has 0 spiro atoms. The van der Waals surface area contributed by atoms with Crippen LogP contribution in [0.1, 0.15) is 69.1 Å². The molecule has 26 heavy (non-hydrogen) atoms. The highest BCUT2D eigenvalue weighted by Gasteiger charge is 2.29. The molecule has 0 N–H and O–H groups in total. The third kappa shape index (κ3) is 5.01. The lowest BCUT2D eigenvalue weighted by molar-refractivity contribution is 0.192. The zero-order valence-electron chi connectivity index (χ0n) is 15.5. The van der Waals surface area contributed by atoms with Crippen LogP contribution in [0.15, 0.2) is 42.5 Å². The fourth-order valence-corrected chi connectivity index (χ4v) is 4.19. The van der Waals surface area contributed by atoms with Crippen LogP contribution in [-0.4, -0.2) is 6.61 Å². The normalized spacial score (nSPS) is 16.2. The van der Waals surface area contributed by atoms with Gasteiger partial charge in [-0.25, -0.2) is 0 Å². The Morgan fingerprint density at radius 3 is 2.50 bits per heavy atom. The van der Waals surface area contributed by atoms with Crippen molar-refractivity contribution in [3.05, 3.63) is 53.6 Å². The van der Waals surface area contributed by atoms with E-state index in [9.17, 15) is 4.57 Å². The lowest BCUT2D eigenvalue weighted by Crippen LogP contribution is -2.03. The van der Waals surface area contributed by atoms with E-state index in [1.807, 2.05) is 24.3 Å². The molecule has 0 saturated heterocycles. The van der Waals surface area contributed by atoms with Crippen molar-refractivity contribution in [1.82, 2.24) is 0 Å². The van der Waals surface area contributed by atoms with Crippen molar-refractivity contribution < 1.29 is 13.6 Å². The zero-order valence-corrected chi connectivity index (χ0v) is 16.4. The molecule has 2 atom stereocenters. The maximum atomic E-state index is 12.2. The molecule has 138 valence electrons. The largest absolute Gasteiger partial charge is 0.698 e. The molecule has 0 fully saturated rings. The molecule has 0 aliphatic heterocycles. The van der Waals surface area contributed by atoms with Gasteiger partial charge in [0.15, 0.2) is 6.10 Å². The van der Waals surface area contributed by atoms with E-state index in [2.05, 4.69) is 31.2 Å².